The van der Waals surface area contributed by atoms with Crippen LogP contribution in [0.2, 0.25) is 5.02 Å². The Morgan fingerprint density at radius 2 is 1.88 bits per heavy atom. The molecule has 0 saturated heterocycles. The smallest absolute Gasteiger partial charge is 0.140 e. The number of nitrogens with zero attached hydrogens (tertiary/aromatic N) is 1. The first-order valence-electron chi connectivity index (χ1n) is 5.16. The molecule has 2 rings (SSSR count). The molecule has 1 nitrogen and oxygen atoms in total. The normalized spacial score (nSPS) is 10.5. The third kappa shape index (κ3) is 2.73. The molecule has 0 aromatic heterocycles. The van der Waals surface area contributed by atoms with Gasteiger partial charge in [0.25, 0.3) is 0 Å². The zero-order chi connectivity index (χ0) is 12.4. The largest absolute Gasteiger partial charge is 0.363 e. The lowest BCUT2D eigenvalue weighted by molar-refractivity contribution is 0.648. The molecule has 0 fully saturated rings. The summed E-state index contributed by atoms with van der Waals surface area (Å²) < 4.78 is 0.809. The minimum Gasteiger partial charge on any atom is -0.363 e. The fraction of sp³-hybridized carbons (Fsp3) is 0.154. The predicted molar refractivity (Wildman–Crippen MR) is 81.1 cm³/mol. The molecule has 0 atom stereocenters. The van der Waals surface area contributed by atoms with Gasteiger partial charge in [-0.1, -0.05) is 65.9 Å². The molecule has 0 amide bonds. The van der Waals surface area contributed by atoms with E-state index < -0.39 is 0 Å². The van der Waals surface area contributed by atoms with Gasteiger partial charge >= 0.3 is 0 Å². The number of hydrogen-bond donors (Lipinski definition) is 0. The Kier molecular flexibility index (Phi) is 3.92. The Morgan fingerprint density at radius 3 is 2.59 bits per heavy atom. The zero-order valence-corrected chi connectivity index (χ0v) is 12.0. The van der Waals surface area contributed by atoms with Gasteiger partial charge < -0.3 is 4.90 Å². The number of thioether (sulfide) groups is 1. The first-order valence-corrected chi connectivity index (χ1v) is 6.76. The van der Waals surface area contributed by atoms with Crippen molar-refractivity contribution in [1.82, 2.24) is 4.90 Å². The minimum absolute atomic E-state index is 0.748. The second-order valence-corrected chi connectivity index (χ2v) is 5.91. The van der Waals surface area contributed by atoms with E-state index in [2.05, 4.69) is 12.1 Å². The van der Waals surface area contributed by atoms with E-state index in [1.165, 1.54) is 17.1 Å². The number of fused-ring (bicyclic) bond motifs is 1. The van der Waals surface area contributed by atoms with Gasteiger partial charge in [0.1, 0.15) is 4.32 Å². The van der Waals surface area contributed by atoms with Gasteiger partial charge in [0.15, 0.2) is 0 Å². The van der Waals surface area contributed by atoms with E-state index in [4.69, 9.17) is 23.8 Å². The molecule has 0 aliphatic rings. The van der Waals surface area contributed by atoms with E-state index in [9.17, 15) is 0 Å². The lowest BCUT2D eigenvalue weighted by Crippen LogP contribution is -2.15. The lowest BCUT2D eigenvalue weighted by Gasteiger charge is -2.14. The molecular formula is C13H12ClNS2. The highest BCUT2D eigenvalue weighted by Crippen LogP contribution is 2.35. The van der Waals surface area contributed by atoms with Crippen LogP contribution in [0.5, 0.6) is 0 Å². The van der Waals surface area contributed by atoms with Crippen LogP contribution in [0.3, 0.4) is 0 Å². The molecular weight excluding hydrogens is 270 g/mol. The Balaban J connectivity index is 2.51. The number of hydrogen-bond acceptors (Lipinski definition) is 2. The molecule has 0 N–H and O–H groups in total. The summed E-state index contributed by atoms with van der Waals surface area (Å²) in [5.74, 6) is 0. The van der Waals surface area contributed by atoms with Crippen LogP contribution in [-0.2, 0) is 0 Å². The fourth-order valence-electron chi connectivity index (χ4n) is 1.50. The van der Waals surface area contributed by atoms with Crippen LogP contribution in [-0.4, -0.2) is 23.3 Å². The molecule has 2 aromatic carbocycles. The first kappa shape index (κ1) is 12.7. The SMILES string of the molecule is CN(C)C(=S)Sc1c(Cl)ccc2ccccc12. The molecule has 2 aromatic rings. The summed E-state index contributed by atoms with van der Waals surface area (Å²) in [6.45, 7) is 0. The van der Waals surface area contributed by atoms with Crippen molar-refractivity contribution in [3.8, 4) is 0 Å². The van der Waals surface area contributed by atoms with Crippen LogP contribution in [0.25, 0.3) is 10.8 Å². The van der Waals surface area contributed by atoms with Crippen molar-refractivity contribution in [2.45, 2.75) is 4.90 Å². The summed E-state index contributed by atoms with van der Waals surface area (Å²) in [5, 5.41) is 3.08. The topological polar surface area (TPSA) is 3.24 Å². The van der Waals surface area contributed by atoms with Crippen LogP contribution < -0.4 is 0 Å². The van der Waals surface area contributed by atoms with Crippen LogP contribution in [0, 0.1) is 0 Å². The maximum Gasteiger partial charge on any atom is 0.140 e. The molecule has 0 saturated carbocycles. The van der Waals surface area contributed by atoms with Crippen molar-refractivity contribution < 1.29 is 0 Å². The van der Waals surface area contributed by atoms with Crippen molar-refractivity contribution >= 4 is 50.7 Å². The monoisotopic (exact) mass is 281 g/mol. The highest BCUT2D eigenvalue weighted by atomic mass is 35.5. The first-order chi connectivity index (χ1) is 8.09. The number of benzene rings is 2. The maximum absolute atomic E-state index is 6.25. The summed E-state index contributed by atoms with van der Waals surface area (Å²) in [4.78, 5) is 2.95. The van der Waals surface area contributed by atoms with E-state index >= 15 is 0 Å². The van der Waals surface area contributed by atoms with E-state index in [-0.39, 0.29) is 0 Å². The van der Waals surface area contributed by atoms with Gasteiger partial charge in [0.2, 0.25) is 0 Å². The summed E-state index contributed by atoms with van der Waals surface area (Å²) in [6.07, 6.45) is 0. The van der Waals surface area contributed by atoms with Gasteiger partial charge in [-0.2, -0.15) is 0 Å². The Hall–Kier alpha value is -0.770. The van der Waals surface area contributed by atoms with Gasteiger partial charge in [0.05, 0.1) is 5.02 Å². The van der Waals surface area contributed by atoms with Gasteiger partial charge in [0, 0.05) is 19.0 Å². The summed E-state index contributed by atoms with van der Waals surface area (Å²) in [5.41, 5.74) is 0. The van der Waals surface area contributed by atoms with Crippen molar-refractivity contribution in [3.63, 3.8) is 0 Å². The molecule has 88 valence electrons. The summed E-state index contributed by atoms with van der Waals surface area (Å²) in [6, 6.07) is 12.1. The molecule has 0 spiro atoms. The molecule has 0 bridgehead atoms. The molecule has 4 heteroatoms. The molecule has 17 heavy (non-hydrogen) atoms. The van der Waals surface area contributed by atoms with Crippen LogP contribution in [0.1, 0.15) is 0 Å². The third-order valence-corrected chi connectivity index (χ3v) is 4.61. The van der Waals surface area contributed by atoms with Crippen molar-refractivity contribution in [2.75, 3.05) is 14.1 Å². The Bertz CT molecular complexity index is 566. The van der Waals surface area contributed by atoms with Crippen LogP contribution >= 0.6 is 35.6 Å². The van der Waals surface area contributed by atoms with Gasteiger partial charge in [-0.15, -0.1) is 0 Å². The van der Waals surface area contributed by atoms with Crippen molar-refractivity contribution in [2.24, 2.45) is 0 Å². The second-order valence-electron chi connectivity index (χ2n) is 3.86. The van der Waals surface area contributed by atoms with E-state index in [0.717, 1.165) is 19.6 Å². The average Bonchev–Trinajstić information content (AvgIpc) is 2.32. The predicted octanol–water partition coefficient (Wildman–Crippen LogP) is 4.43. The Morgan fingerprint density at radius 1 is 1.18 bits per heavy atom. The van der Waals surface area contributed by atoms with E-state index in [0.29, 0.717) is 0 Å². The molecule has 0 radical (unpaired) electrons. The standard InChI is InChI=1S/C13H12ClNS2/c1-15(2)13(16)17-12-10-6-4-3-5-9(10)7-8-11(12)14/h3-8H,1-2H3. The van der Waals surface area contributed by atoms with Gasteiger partial charge in [-0.25, -0.2) is 0 Å². The highest BCUT2D eigenvalue weighted by Gasteiger charge is 2.10. The summed E-state index contributed by atoms with van der Waals surface area (Å²) in [7, 11) is 3.88. The second kappa shape index (κ2) is 5.25. The van der Waals surface area contributed by atoms with Crippen LogP contribution in [0.15, 0.2) is 41.3 Å². The number of thiocarbonyl (C=S) groups is 1. The highest BCUT2D eigenvalue weighted by molar-refractivity contribution is 8.23. The molecule has 0 aliphatic carbocycles. The van der Waals surface area contributed by atoms with Crippen molar-refractivity contribution in [1.29, 1.82) is 0 Å². The Labute approximate surface area is 116 Å². The van der Waals surface area contributed by atoms with Crippen LogP contribution in [0.4, 0.5) is 0 Å². The quantitative estimate of drug-likeness (QED) is 0.562. The number of rotatable bonds is 1. The lowest BCUT2D eigenvalue weighted by atomic mass is 10.1. The number of halogens is 1. The van der Waals surface area contributed by atoms with Crippen molar-refractivity contribution in [3.05, 3.63) is 41.4 Å². The molecule has 0 unspecified atom stereocenters. The zero-order valence-electron chi connectivity index (χ0n) is 9.61. The van der Waals surface area contributed by atoms with Gasteiger partial charge in [-0.05, 0) is 16.8 Å². The van der Waals surface area contributed by atoms with E-state index in [1.807, 2.05) is 43.3 Å². The molecule has 0 heterocycles. The minimum atomic E-state index is 0.748. The maximum atomic E-state index is 6.25. The van der Waals surface area contributed by atoms with E-state index in [1.54, 1.807) is 0 Å². The summed E-state index contributed by atoms with van der Waals surface area (Å²) >= 11 is 13.1. The third-order valence-electron chi connectivity index (χ3n) is 2.39. The fourth-order valence-corrected chi connectivity index (χ4v) is 2.85. The van der Waals surface area contributed by atoms with Gasteiger partial charge in [-0.3, -0.25) is 0 Å². The average molecular weight is 282 g/mol. The molecule has 0 aliphatic heterocycles.